The Bertz CT molecular complexity index is 1890. The third kappa shape index (κ3) is 5.63. The van der Waals surface area contributed by atoms with Crippen molar-refractivity contribution < 1.29 is 0 Å². The van der Waals surface area contributed by atoms with Gasteiger partial charge in [-0.25, -0.2) is 0 Å². The third-order valence-corrected chi connectivity index (χ3v) is 12.5. The van der Waals surface area contributed by atoms with Gasteiger partial charge in [0.25, 0.3) is 0 Å². The first-order valence-corrected chi connectivity index (χ1v) is 16.3. The Kier molecular flexibility index (Phi) is 8.24. The van der Waals surface area contributed by atoms with E-state index in [2.05, 4.69) is 63.2 Å². The number of nitriles is 4. The van der Waals surface area contributed by atoms with Gasteiger partial charge in [-0.3, -0.25) is 0 Å². The van der Waals surface area contributed by atoms with Crippen LogP contribution in [0.1, 0.15) is 42.6 Å². The minimum atomic E-state index is 0.000364. The van der Waals surface area contributed by atoms with Gasteiger partial charge in [0, 0.05) is 45.0 Å². The molecule has 4 nitrogen and oxygen atoms in total. The van der Waals surface area contributed by atoms with E-state index >= 15 is 0 Å². The highest BCUT2D eigenvalue weighted by Crippen LogP contribution is 2.46. The van der Waals surface area contributed by atoms with Crippen LogP contribution in [0.15, 0.2) is 46.9 Å². The van der Waals surface area contributed by atoms with Crippen molar-refractivity contribution in [3.8, 4) is 43.8 Å². The molecule has 0 radical (unpaired) electrons. The number of hydrogen-bond acceptors (Lipinski definition) is 9. The van der Waals surface area contributed by atoms with Crippen LogP contribution in [0.4, 0.5) is 0 Å². The SMILES string of the molecule is Cc1cc(C=C(C#N)c2ccc(C#N)s2)sc1-c1cc(C)c(-c2sc(C=C(C#N)C3CC=C(C#N)S3)cc2C)s1. The molecule has 4 aromatic heterocycles. The van der Waals surface area contributed by atoms with E-state index in [0.717, 1.165) is 20.2 Å². The molecule has 1 unspecified atom stereocenters. The third-order valence-electron chi connectivity index (χ3n) is 6.28. The Morgan fingerprint density at radius 2 is 1.45 bits per heavy atom. The maximum atomic E-state index is 9.79. The Morgan fingerprint density at radius 1 is 0.775 bits per heavy atom. The van der Waals surface area contributed by atoms with Crippen LogP contribution in [0, 0.1) is 66.1 Å². The first-order valence-electron chi connectivity index (χ1n) is 12.2. The standard InChI is InChI=1S/C31H20N4S5/c1-17-8-24(11-20(13-32)26-6-4-22(15-34)36-26)38-29(17)28-10-19(3)31(40-28)30-18(2)9-25(39-30)12-21(14-33)27-7-5-23(16-35)37-27/h4-6,8-12,27H,7H2,1-3H3. The maximum Gasteiger partial charge on any atom is 0.110 e. The highest BCUT2D eigenvalue weighted by atomic mass is 32.2. The van der Waals surface area contributed by atoms with Gasteiger partial charge in [0.2, 0.25) is 0 Å². The summed E-state index contributed by atoms with van der Waals surface area (Å²) in [6.45, 7) is 6.34. The highest BCUT2D eigenvalue weighted by Gasteiger charge is 2.23. The molecule has 0 amide bonds. The zero-order valence-electron chi connectivity index (χ0n) is 21.7. The normalized spacial score (nSPS) is 15.3. The number of thiophene rings is 4. The number of allylic oxidation sites excluding steroid dienone is 3. The van der Waals surface area contributed by atoms with Crippen LogP contribution in [0.2, 0.25) is 0 Å². The van der Waals surface area contributed by atoms with Crippen molar-refractivity contribution >= 4 is 74.8 Å². The number of aryl methyl sites for hydroxylation is 3. The summed E-state index contributed by atoms with van der Waals surface area (Å²) in [4.78, 5) is 8.93. The second-order valence-electron chi connectivity index (χ2n) is 9.12. The fourth-order valence-corrected chi connectivity index (χ4v) is 9.97. The molecule has 0 saturated heterocycles. The lowest BCUT2D eigenvalue weighted by molar-refractivity contribution is 1.06. The molecule has 0 aromatic carbocycles. The predicted octanol–water partition coefficient (Wildman–Crippen LogP) is 9.95. The fraction of sp³-hybridized carbons (Fsp3) is 0.161. The van der Waals surface area contributed by atoms with E-state index in [1.54, 1.807) is 40.1 Å². The van der Waals surface area contributed by atoms with Crippen molar-refractivity contribution in [2.75, 3.05) is 0 Å². The molecular formula is C31H20N4S5. The van der Waals surface area contributed by atoms with Gasteiger partial charge in [-0.15, -0.1) is 57.1 Å². The summed E-state index contributed by atoms with van der Waals surface area (Å²) < 4.78 is 0. The topological polar surface area (TPSA) is 95.2 Å². The van der Waals surface area contributed by atoms with Crippen molar-refractivity contribution in [1.82, 2.24) is 0 Å². The second kappa shape index (κ2) is 11.8. The van der Waals surface area contributed by atoms with Gasteiger partial charge in [0.05, 0.1) is 16.5 Å². The predicted molar refractivity (Wildman–Crippen MR) is 171 cm³/mol. The summed E-state index contributed by atoms with van der Waals surface area (Å²) in [5, 5.41) is 37.8. The van der Waals surface area contributed by atoms with Gasteiger partial charge in [-0.2, -0.15) is 21.0 Å². The summed E-state index contributed by atoms with van der Waals surface area (Å²) >= 11 is 7.92. The first kappa shape index (κ1) is 27.9. The molecule has 194 valence electrons. The number of rotatable bonds is 6. The molecule has 5 heterocycles. The van der Waals surface area contributed by atoms with Crippen LogP contribution >= 0.6 is 57.1 Å². The van der Waals surface area contributed by atoms with E-state index in [-0.39, 0.29) is 5.25 Å². The van der Waals surface area contributed by atoms with Gasteiger partial charge in [0.15, 0.2) is 0 Å². The molecule has 9 heteroatoms. The first-order chi connectivity index (χ1) is 19.3. The Labute approximate surface area is 253 Å². The molecule has 40 heavy (non-hydrogen) atoms. The lowest BCUT2D eigenvalue weighted by Gasteiger charge is -2.05. The number of hydrogen-bond donors (Lipinski definition) is 0. The quantitative estimate of drug-likeness (QED) is 0.203. The van der Waals surface area contributed by atoms with Crippen LogP contribution in [0.5, 0.6) is 0 Å². The van der Waals surface area contributed by atoms with E-state index in [4.69, 9.17) is 10.5 Å². The van der Waals surface area contributed by atoms with Crippen LogP contribution < -0.4 is 0 Å². The zero-order valence-corrected chi connectivity index (χ0v) is 25.8. The lowest BCUT2D eigenvalue weighted by Crippen LogP contribution is -1.99. The van der Waals surface area contributed by atoms with E-state index < -0.39 is 0 Å². The van der Waals surface area contributed by atoms with Crippen LogP contribution in [0.3, 0.4) is 0 Å². The molecule has 1 aliphatic heterocycles. The van der Waals surface area contributed by atoms with Crippen molar-refractivity contribution in [3.63, 3.8) is 0 Å². The van der Waals surface area contributed by atoms with Crippen molar-refractivity contribution in [2.24, 2.45) is 0 Å². The molecule has 4 aromatic rings. The van der Waals surface area contributed by atoms with Gasteiger partial charge < -0.3 is 0 Å². The average Bonchev–Trinajstić information content (AvgIpc) is 3.77. The second-order valence-corrected chi connectivity index (χ2v) is 14.7. The molecule has 0 N–H and O–H groups in total. The lowest BCUT2D eigenvalue weighted by atomic mass is 10.1. The molecule has 0 fully saturated rings. The summed E-state index contributed by atoms with van der Waals surface area (Å²) in [5.41, 5.74) is 4.80. The van der Waals surface area contributed by atoms with Crippen molar-refractivity contribution in [2.45, 2.75) is 32.4 Å². The average molecular weight is 609 g/mol. The molecule has 0 spiro atoms. The molecule has 0 bridgehead atoms. The summed E-state index contributed by atoms with van der Waals surface area (Å²) in [6.07, 6.45) is 6.49. The van der Waals surface area contributed by atoms with Crippen molar-refractivity contribution in [1.29, 1.82) is 21.0 Å². The molecule has 5 rings (SSSR count). The maximum absolute atomic E-state index is 9.79. The molecule has 0 saturated carbocycles. The minimum absolute atomic E-state index is 0.000364. The molecule has 1 atom stereocenters. The van der Waals surface area contributed by atoms with Crippen LogP contribution in [0.25, 0.3) is 37.2 Å². The number of thioether (sulfide) groups is 1. The monoisotopic (exact) mass is 608 g/mol. The van der Waals surface area contributed by atoms with E-state index in [0.29, 0.717) is 27.3 Å². The highest BCUT2D eigenvalue weighted by molar-refractivity contribution is 8.04. The zero-order chi connectivity index (χ0) is 28.4. The largest absolute Gasteiger partial charge is 0.193 e. The molecular weight excluding hydrogens is 589 g/mol. The van der Waals surface area contributed by atoms with Crippen LogP contribution in [-0.4, -0.2) is 5.25 Å². The van der Waals surface area contributed by atoms with Gasteiger partial charge >= 0.3 is 0 Å². The van der Waals surface area contributed by atoms with E-state index in [1.165, 1.54) is 53.7 Å². The Hall–Kier alpha value is -3.67. The summed E-state index contributed by atoms with van der Waals surface area (Å²) in [6, 6.07) is 19.0. The van der Waals surface area contributed by atoms with Gasteiger partial charge in [-0.1, -0.05) is 6.08 Å². The summed E-state index contributed by atoms with van der Waals surface area (Å²) in [7, 11) is 0. The minimum Gasteiger partial charge on any atom is -0.193 e. The van der Waals surface area contributed by atoms with Gasteiger partial charge in [0.1, 0.15) is 23.1 Å². The Morgan fingerprint density at radius 3 is 2.10 bits per heavy atom. The number of nitrogens with zero attached hydrogens (tertiary/aromatic N) is 4. The molecule has 0 aliphatic carbocycles. The van der Waals surface area contributed by atoms with E-state index in [1.807, 2.05) is 24.3 Å². The summed E-state index contributed by atoms with van der Waals surface area (Å²) in [5.74, 6) is 0. The smallest absolute Gasteiger partial charge is 0.110 e. The van der Waals surface area contributed by atoms with Crippen molar-refractivity contribution in [3.05, 3.63) is 83.1 Å². The molecule has 1 aliphatic rings. The van der Waals surface area contributed by atoms with Gasteiger partial charge in [-0.05, 0) is 86.4 Å². The van der Waals surface area contributed by atoms with E-state index in [9.17, 15) is 10.5 Å². The Balaban J connectivity index is 1.43. The van der Waals surface area contributed by atoms with Crippen LogP contribution in [-0.2, 0) is 0 Å². The fourth-order valence-electron chi connectivity index (χ4n) is 4.37.